The Labute approximate surface area is 281 Å². The maximum absolute atomic E-state index is 6.93. The minimum absolute atomic E-state index is 0.289. The van der Waals surface area contributed by atoms with Crippen LogP contribution in [-0.2, 0) is 6.54 Å². The largest absolute Gasteiger partial charge is 0.381 e. The molecule has 0 aromatic heterocycles. The van der Waals surface area contributed by atoms with Crippen LogP contribution in [0.5, 0.6) is 0 Å². The highest BCUT2D eigenvalue weighted by Gasteiger charge is 2.15. The van der Waals surface area contributed by atoms with Crippen molar-refractivity contribution >= 4 is 38.0 Å². The minimum Gasteiger partial charge on any atom is -0.381 e. The molecular formula is C46H36N2. The van der Waals surface area contributed by atoms with Gasteiger partial charge in [-0.1, -0.05) is 152 Å². The summed E-state index contributed by atoms with van der Waals surface area (Å²) in [5.74, 6) is 0. The summed E-state index contributed by atoms with van der Waals surface area (Å²) < 4.78 is 0. The number of hydrogen-bond acceptors (Lipinski definition) is 2. The van der Waals surface area contributed by atoms with Gasteiger partial charge in [-0.3, -0.25) is 0 Å². The van der Waals surface area contributed by atoms with Crippen LogP contribution in [0.2, 0.25) is 0 Å². The summed E-state index contributed by atoms with van der Waals surface area (Å²) in [5.41, 5.74) is 16.0. The Morgan fingerprint density at radius 3 is 1.71 bits per heavy atom. The van der Waals surface area contributed by atoms with Crippen LogP contribution in [0.15, 0.2) is 182 Å². The molecule has 8 aromatic rings. The Balaban J connectivity index is 1.29. The van der Waals surface area contributed by atoms with Crippen LogP contribution in [0.1, 0.15) is 22.7 Å². The van der Waals surface area contributed by atoms with Crippen molar-refractivity contribution in [2.24, 2.45) is 5.73 Å². The minimum atomic E-state index is -0.289. The lowest BCUT2D eigenvalue weighted by Gasteiger charge is -2.20. The number of nitrogens with two attached hydrogens (primary N) is 1. The molecule has 1 unspecified atom stereocenters. The van der Waals surface area contributed by atoms with E-state index in [0.717, 1.165) is 28.0 Å². The van der Waals surface area contributed by atoms with E-state index in [1.165, 1.54) is 49.0 Å². The molecule has 230 valence electrons. The fourth-order valence-electron chi connectivity index (χ4n) is 6.87. The van der Waals surface area contributed by atoms with E-state index in [0.29, 0.717) is 6.54 Å². The molecule has 8 rings (SSSR count). The van der Waals surface area contributed by atoms with Crippen molar-refractivity contribution in [3.63, 3.8) is 0 Å². The van der Waals surface area contributed by atoms with Crippen molar-refractivity contribution in [2.75, 3.05) is 0 Å². The van der Waals surface area contributed by atoms with Crippen molar-refractivity contribution in [1.29, 1.82) is 0 Å². The van der Waals surface area contributed by atoms with Gasteiger partial charge in [-0.2, -0.15) is 0 Å². The van der Waals surface area contributed by atoms with Gasteiger partial charge >= 0.3 is 0 Å². The van der Waals surface area contributed by atoms with E-state index in [2.05, 4.69) is 169 Å². The molecule has 0 fully saturated rings. The van der Waals surface area contributed by atoms with Gasteiger partial charge in [0, 0.05) is 12.2 Å². The van der Waals surface area contributed by atoms with Crippen LogP contribution in [0, 0.1) is 0 Å². The van der Waals surface area contributed by atoms with Crippen molar-refractivity contribution in [1.82, 2.24) is 5.32 Å². The zero-order chi connectivity index (χ0) is 32.3. The zero-order valence-corrected chi connectivity index (χ0v) is 26.7. The SMILES string of the molecule is NC(/C=C(\NCc1c2ccccc2cc2c1ccc1ccccc12)c1cc(-c2ccccc2)cc(-c2ccccc2)c1)c1ccccc1. The van der Waals surface area contributed by atoms with E-state index in [1.807, 2.05) is 18.2 Å². The van der Waals surface area contributed by atoms with Crippen molar-refractivity contribution in [3.8, 4) is 22.3 Å². The summed E-state index contributed by atoms with van der Waals surface area (Å²) in [5, 5.41) is 11.5. The monoisotopic (exact) mass is 616 g/mol. The van der Waals surface area contributed by atoms with Crippen LogP contribution in [0.4, 0.5) is 0 Å². The topological polar surface area (TPSA) is 38.0 Å². The van der Waals surface area contributed by atoms with Crippen molar-refractivity contribution in [2.45, 2.75) is 12.6 Å². The normalized spacial score (nSPS) is 12.4. The molecule has 0 aliphatic heterocycles. The maximum atomic E-state index is 6.93. The molecule has 8 aromatic carbocycles. The molecule has 3 N–H and O–H groups in total. The molecule has 0 saturated heterocycles. The molecule has 1 atom stereocenters. The third-order valence-electron chi connectivity index (χ3n) is 9.33. The fourth-order valence-corrected chi connectivity index (χ4v) is 6.87. The average Bonchev–Trinajstić information content (AvgIpc) is 3.16. The van der Waals surface area contributed by atoms with Gasteiger partial charge in [0.25, 0.3) is 0 Å². The van der Waals surface area contributed by atoms with Crippen LogP contribution in [0.3, 0.4) is 0 Å². The number of benzene rings is 8. The highest BCUT2D eigenvalue weighted by atomic mass is 14.9. The highest BCUT2D eigenvalue weighted by molar-refractivity contribution is 6.14. The van der Waals surface area contributed by atoms with Gasteiger partial charge < -0.3 is 11.1 Å². The molecular weight excluding hydrogens is 581 g/mol. The summed E-state index contributed by atoms with van der Waals surface area (Å²) in [6.45, 7) is 0.639. The molecule has 48 heavy (non-hydrogen) atoms. The first-order chi connectivity index (χ1) is 23.7. The number of nitrogens with one attached hydrogen (secondary N) is 1. The maximum Gasteiger partial charge on any atom is 0.0504 e. The second kappa shape index (κ2) is 13.0. The third-order valence-corrected chi connectivity index (χ3v) is 9.33. The smallest absolute Gasteiger partial charge is 0.0504 e. The first-order valence-electron chi connectivity index (χ1n) is 16.6. The van der Waals surface area contributed by atoms with E-state index >= 15 is 0 Å². The highest BCUT2D eigenvalue weighted by Crippen LogP contribution is 2.35. The Hall–Kier alpha value is -5.96. The molecule has 0 aliphatic carbocycles. The van der Waals surface area contributed by atoms with E-state index in [1.54, 1.807) is 0 Å². The Kier molecular flexibility index (Phi) is 8.00. The second-order valence-corrected chi connectivity index (χ2v) is 12.4. The molecule has 2 heteroatoms. The summed E-state index contributed by atoms with van der Waals surface area (Å²) in [6.07, 6.45) is 2.18. The first-order valence-corrected chi connectivity index (χ1v) is 16.6. The van der Waals surface area contributed by atoms with Crippen molar-refractivity contribution < 1.29 is 0 Å². The Bertz CT molecular complexity index is 2340. The molecule has 0 spiro atoms. The quantitative estimate of drug-likeness (QED) is 0.132. The Morgan fingerprint density at radius 2 is 1.04 bits per heavy atom. The first kappa shape index (κ1) is 29.4. The average molecular weight is 617 g/mol. The zero-order valence-electron chi connectivity index (χ0n) is 26.7. The Morgan fingerprint density at radius 1 is 0.479 bits per heavy atom. The van der Waals surface area contributed by atoms with E-state index in [9.17, 15) is 0 Å². The molecule has 2 nitrogen and oxygen atoms in total. The van der Waals surface area contributed by atoms with Gasteiger partial charge in [0.05, 0.1) is 6.04 Å². The standard InChI is InChI=1S/C46H36N2/c47-45(35-19-8-3-9-20-35)30-46(39-27-37(32-14-4-1-5-15-32)26-38(28-39)33-16-6-2-7-17-33)48-31-44-41-23-13-11-21-36(41)29-43-40-22-12-10-18-34(40)24-25-42(43)44/h1-30,45,48H,31,47H2/b46-30-. The number of fused-ring (bicyclic) bond motifs is 4. The molecule has 0 heterocycles. The van der Waals surface area contributed by atoms with E-state index in [4.69, 9.17) is 5.73 Å². The number of rotatable bonds is 8. The van der Waals surface area contributed by atoms with Crippen LogP contribution in [-0.4, -0.2) is 0 Å². The lowest BCUT2D eigenvalue weighted by Crippen LogP contribution is -2.16. The summed E-state index contributed by atoms with van der Waals surface area (Å²) >= 11 is 0. The molecule has 0 bridgehead atoms. The van der Waals surface area contributed by atoms with E-state index in [-0.39, 0.29) is 6.04 Å². The lowest BCUT2D eigenvalue weighted by molar-refractivity contribution is 0.865. The fraction of sp³-hybridized carbons (Fsp3) is 0.0435. The van der Waals surface area contributed by atoms with Crippen LogP contribution in [0.25, 0.3) is 60.3 Å². The van der Waals surface area contributed by atoms with Gasteiger partial charge in [0.2, 0.25) is 0 Å². The van der Waals surface area contributed by atoms with Crippen molar-refractivity contribution in [3.05, 3.63) is 199 Å². The number of hydrogen-bond donors (Lipinski definition) is 2. The third kappa shape index (κ3) is 5.86. The van der Waals surface area contributed by atoms with Gasteiger partial charge in [-0.15, -0.1) is 0 Å². The summed E-state index contributed by atoms with van der Waals surface area (Å²) in [6, 6.07) is 62.3. The van der Waals surface area contributed by atoms with Gasteiger partial charge in [0.15, 0.2) is 0 Å². The lowest BCUT2D eigenvalue weighted by atomic mass is 9.92. The molecule has 0 amide bonds. The summed E-state index contributed by atoms with van der Waals surface area (Å²) in [4.78, 5) is 0. The van der Waals surface area contributed by atoms with Crippen LogP contribution >= 0.6 is 0 Å². The predicted octanol–water partition coefficient (Wildman–Crippen LogP) is 11.3. The van der Waals surface area contributed by atoms with Gasteiger partial charge in [-0.25, -0.2) is 0 Å². The molecule has 0 saturated carbocycles. The molecule has 0 radical (unpaired) electrons. The van der Waals surface area contributed by atoms with E-state index < -0.39 is 0 Å². The summed E-state index contributed by atoms with van der Waals surface area (Å²) in [7, 11) is 0. The van der Waals surface area contributed by atoms with Gasteiger partial charge in [0.1, 0.15) is 0 Å². The molecule has 0 aliphatic rings. The van der Waals surface area contributed by atoms with Crippen LogP contribution < -0.4 is 11.1 Å². The second-order valence-electron chi connectivity index (χ2n) is 12.4. The predicted molar refractivity (Wildman–Crippen MR) is 204 cm³/mol. The van der Waals surface area contributed by atoms with Gasteiger partial charge in [-0.05, 0) is 102 Å².